The number of rotatable bonds is 17. The predicted molar refractivity (Wildman–Crippen MR) is 197 cm³/mol. The van der Waals surface area contributed by atoms with Crippen molar-refractivity contribution in [1.82, 2.24) is 0 Å². The highest BCUT2D eigenvalue weighted by Gasteiger charge is 2.20. The van der Waals surface area contributed by atoms with Gasteiger partial charge in [0.2, 0.25) is 0 Å². The van der Waals surface area contributed by atoms with Crippen molar-refractivity contribution in [2.75, 3.05) is 11.5 Å². The third kappa shape index (κ3) is 9.25. The van der Waals surface area contributed by atoms with Crippen LogP contribution < -0.4 is 11.5 Å². The largest absolute Gasteiger partial charge is 0.399 e. The lowest BCUT2D eigenvalue weighted by Crippen LogP contribution is -2.07. The molecule has 0 saturated carbocycles. The molecule has 0 fully saturated rings. The maximum atomic E-state index is 6.12. The highest BCUT2D eigenvalue weighted by atomic mass is 14.5. The Kier molecular flexibility index (Phi) is 13.2. The van der Waals surface area contributed by atoms with Gasteiger partial charge in [0.05, 0.1) is 0 Å². The molecule has 0 bridgehead atoms. The van der Waals surface area contributed by atoms with Gasteiger partial charge in [0.1, 0.15) is 0 Å². The van der Waals surface area contributed by atoms with E-state index in [9.17, 15) is 0 Å². The number of nitrogens with two attached hydrogens (primary N) is 2. The molecule has 4 aromatic rings. The summed E-state index contributed by atoms with van der Waals surface area (Å²) in [5, 5.41) is 0. The van der Waals surface area contributed by atoms with E-state index < -0.39 is 0 Å². The van der Waals surface area contributed by atoms with Gasteiger partial charge in [-0.15, -0.1) is 0 Å². The first-order chi connectivity index (χ1) is 21.9. The van der Waals surface area contributed by atoms with E-state index in [1.807, 2.05) is 0 Å². The fourth-order valence-electron chi connectivity index (χ4n) is 7.32. The molecular formula is C43H58N2. The third-order valence-electron chi connectivity index (χ3n) is 9.92. The van der Waals surface area contributed by atoms with Gasteiger partial charge in [-0.2, -0.15) is 0 Å². The molecule has 45 heavy (non-hydrogen) atoms. The smallest absolute Gasteiger partial charge is 0.0316 e. The number of benzene rings is 4. The summed E-state index contributed by atoms with van der Waals surface area (Å²) in [6.07, 6.45) is 13.7. The molecule has 0 saturated heterocycles. The van der Waals surface area contributed by atoms with Crippen LogP contribution >= 0.6 is 0 Å². The molecule has 0 aliphatic rings. The molecule has 0 aliphatic heterocycles. The van der Waals surface area contributed by atoms with E-state index in [1.54, 1.807) is 0 Å². The van der Waals surface area contributed by atoms with E-state index in [1.165, 1.54) is 109 Å². The van der Waals surface area contributed by atoms with E-state index in [0.717, 1.165) is 17.8 Å². The lowest BCUT2D eigenvalue weighted by molar-refractivity contribution is 0.594. The zero-order chi connectivity index (χ0) is 32.2. The summed E-state index contributed by atoms with van der Waals surface area (Å²) in [5.41, 5.74) is 25.0. The molecule has 2 atom stereocenters. The summed E-state index contributed by atoms with van der Waals surface area (Å²) in [4.78, 5) is 0. The van der Waals surface area contributed by atoms with Crippen LogP contribution in [0.15, 0.2) is 84.9 Å². The first kappa shape index (κ1) is 34.4. The van der Waals surface area contributed by atoms with Crippen molar-refractivity contribution in [2.24, 2.45) is 0 Å². The number of aryl methyl sites for hydroxylation is 2. The Morgan fingerprint density at radius 1 is 0.444 bits per heavy atom. The Balaban J connectivity index is 1.57. The van der Waals surface area contributed by atoms with Gasteiger partial charge in [0.15, 0.2) is 0 Å². The maximum Gasteiger partial charge on any atom is 0.0316 e. The minimum absolute atomic E-state index is 0.385. The summed E-state index contributed by atoms with van der Waals surface area (Å²) in [6, 6.07) is 32.0. The van der Waals surface area contributed by atoms with Crippen LogP contribution in [0.5, 0.6) is 0 Å². The molecule has 0 spiro atoms. The Labute approximate surface area is 274 Å². The summed E-state index contributed by atoms with van der Waals surface area (Å²) >= 11 is 0. The first-order valence-corrected chi connectivity index (χ1v) is 17.8. The van der Waals surface area contributed by atoms with E-state index in [-0.39, 0.29) is 0 Å². The van der Waals surface area contributed by atoms with Gasteiger partial charge in [-0.05, 0) is 102 Å². The first-order valence-electron chi connectivity index (χ1n) is 17.8. The van der Waals surface area contributed by atoms with Gasteiger partial charge >= 0.3 is 0 Å². The lowest BCUT2D eigenvalue weighted by atomic mass is 9.81. The second-order valence-electron chi connectivity index (χ2n) is 13.3. The fourth-order valence-corrected chi connectivity index (χ4v) is 7.32. The number of unbranched alkanes of at least 4 members (excludes halogenated alkanes) is 6. The molecule has 2 heteroatoms. The van der Waals surface area contributed by atoms with Crippen LogP contribution in [0.3, 0.4) is 0 Å². The fraction of sp³-hybridized carbons (Fsp3) is 0.442. The SMILES string of the molecule is CCCCCCC(c1ccc(C(CC)c2ccc(C(CCCCCC)c3ccc(N)cc3C)cc2)cc1)c1ccc(N)cc1C. The van der Waals surface area contributed by atoms with Gasteiger partial charge in [0, 0.05) is 29.1 Å². The molecule has 4 aromatic carbocycles. The molecule has 0 heterocycles. The average molecular weight is 603 g/mol. The molecule has 0 aliphatic carbocycles. The van der Waals surface area contributed by atoms with Crippen molar-refractivity contribution in [3.63, 3.8) is 0 Å². The zero-order valence-corrected chi connectivity index (χ0v) is 28.7. The van der Waals surface area contributed by atoms with Crippen molar-refractivity contribution >= 4 is 11.4 Å². The van der Waals surface area contributed by atoms with Crippen LogP contribution in [0.2, 0.25) is 0 Å². The summed E-state index contributed by atoms with van der Waals surface area (Å²) in [6.45, 7) is 11.3. The standard InChI is InChI=1S/C43H58N2/c1-6-9-11-13-15-42(40-27-25-37(44)29-31(40)4)35-21-17-33(18-22-35)39(8-3)34-19-23-36(24-20-34)43(16-14-12-10-7-2)41-28-26-38(45)30-32(41)5/h17-30,39,42-43H,6-16,44-45H2,1-5H3. The van der Waals surface area contributed by atoms with Crippen molar-refractivity contribution in [3.8, 4) is 0 Å². The second-order valence-corrected chi connectivity index (χ2v) is 13.3. The molecule has 2 unspecified atom stereocenters. The Bertz CT molecular complexity index is 1340. The minimum Gasteiger partial charge on any atom is -0.399 e. The van der Waals surface area contributed by atoms with Gasteiger partial charge in [-0.3, -0.25) is 0 Å². The molecule has 0 amide bonds. The van der Waals surface area contributed by atoms with Crippen LogP contribution in [0.1, 0.15) is 154 Å². The number of anilines is 2. The highest BCUT2D eigenvalue weighted by molar-refractivity contribution is 5.50. The third-order valence-corrected chi connectivity index (χ3v) is 9.92. The Morgan fingerprint density at radius 3 is 1.11 bits per heavy atom. The van der Waals surface area contributed by atoms with Crippen LogP contribution in [0.4, 0.5) is 11.4 Å². The molecule has 0 radical (unpaired) electrons. The van der Waals surface area contributed by atoms with Gasteiger partial charge < -0.3 is 11.5 Å². The number of hydrogen-bond acceptors (Lipinski definition) is 2. The highest BCUT2D eigenvalue weighted by Crippen LogP contribution is 2.37. The second kappa shape index (κ2) is 17.2. The normalized spacial score (nSPS) is 13.4. The van der Waals surface area contributed by atoms with Crippen LogP contribution in [0, 0.1) is 13.8 Å². The van der Waals surface area contributed by atoms with E-state index in [2.05, 4.69) is 120 Å². The van der Waals surface area contributed by atoms with Crippen LogP contribution in [-0.4, -0.2) is 0 Å². The predicted octanol–water partition coefficient (Wildman–Crippen LogP) is 12.2. The summed E-state index contributed by atoms with van der Waals surface area (Å²) in [5.74, 6) is 1.19. The van der Waals surface area contributed by atoms with Gasteiger partial charge in [-0.25, -0.2) is 0 Å². The molecule has 4 rings (SSSR count). The number of nitrogen functional groups attached to an aromatic ring is 2. The molecular weight excluding hydrogens is 544 g/mol. The van der Waals surface area contributed by atoms with Gasteiger partial charge in [-0.1, -0.05) is 133 Å². The van der Waals surface area contributed by atoms with E-state index in [0.29, 0.717) is 17.8 Å². The quantitative estimate of drug-likeness (QED) is 0.0933. The van der Waals surface area contributed by atoms with Crippen molar-refractivity contribution in [1.29, 1.82) is 0 Å². The van der Waals surface area contributed by atoms with Crippen molar-refractivity contribution in [2.45, 2.75) is 123 Å². The monoisotopic (exact) mass is 602 g/mol. The minimum atomic E-state index is 0.385. The van der Waals surface area contributed by atoms with Gasteiger partial charge in [0.25, 0.3) is 0 Å². The molecule has 4 N–H and O–H groups in total. The lowest BCUT2D eigenvalue weighted by Gasteiger charge is -2.23. The number of hydrogen-bond donors (Lipinski definition) is 2. The van der Waals surface area contributed by atoms with E-state index >= 15 is 0 Å². The van der Waals surface area contributed by atoms with Crippen LogP contribution in [0.25, 0.3) is 0 Å². The van der Waals surface area contributed by atoms with E-state index in [4.69, 9.17) is 11.5 Å². The molecule has 2 nitrogen and oxygen atoms in total. The van der Waals surface area contributed by atoms with Crippen molar-refractivity contribution in [3.05, 3.63) is 129 Å². The summed E-state index contributed by atoms with van der Waals surface area (Å²) < 4.78 is 0. The summed E-state index contributed by atoms with van der Waals surface area (Å²) in [7, 11) is 0. The zero-order valence-electron chi connectivity index (χ0n) is 28.7. The maximum absolute atomic E-state index is 6.12. The Morgan fingerprint density at radius 2 is 0.800 bits per heavy atom. The van der Waals surface area contributed by atoms with Crippen molar-refractivity contribution < 1.29 is 0 Å². The molecule has 0 aromatic heterocycles. The topological polar surface area (TPSA) is 52.0 Å². The average Bonchev–Trinajstić information content (AvgIpc) is 3.03. The Hall–Kier alpha value is -3.52. The van der Waals surface area contributed by atoms with Crippen LogP contribution in [-0.2, 0) is 0 Å². The molecule has 240 valence electrons.